The fourth-order valence-electron chi connectivity index (χ4n) is 0.642. The average molecular weight is 151 g/mol. The van der Waals surface area contributed by atoms with Crippen molar-refractivity contribution in [2.75, 3.05) is 0 Å². The summed E-state index contributed by atoms with van der Waals surface area (Å²) in [5, 5.41) is 12.0. The first-order chi connectivity index (χ1) is 5.24. The molecule has 0 amide bonds. The summed E-state index contributed by atoms with van der Waals surface area (Å²) in [5.41, 5.74) is 0. The van der Waals surface area contributed by atoms with E-state index in [2.05, 4.69) is 10.1 Å². The Bertz CT molecular complexity index is 271. The van der Waals surface area contributed by atoms with E-state index in [0.29, 0.717) is 11.7 Å². The van der Waals surface area contributed by atoms with Crippen LogP contribution in [0.1, 0.15) is 31.5 Å². The number of hydrogen-bond donors (Lipinski definition) is 0. The van der Waals surface area contributed by atoms with Gasteiger partial charge < -0.3 is 4.52 Å². The van der Waals surface area contributed by atoms with E-state index in [9.17, 15) is 0 Å². The van der Waals surface area contributed by atoms with Gasteiger partial charge in [0.05, 0.1) is 6.07 Å². The average Bonchev–Trinajstić information content (AvgIpc) is 2.37. The highest BCUT2D eigenvalue weighted by Crippen LogP contribution is 2.09. The molecule has 4 heteroatoms. The molecule has 0 bridgehead atoms. The monoisotopic (exact) mass is 151 g/mol. The highest BCUT2D eigenvalue weighted by Gasteiger charge is 2.07. The van der Waals surface area contributed by atoms with E-state index >= 15 is 0 Å². The van der Waals surface area contributed by atoms with Gasteiger partial charge in [-0.2, -0.15) is 10.2 Å². The Morgan fingerprint density at radius 1 is 1.64 bits per heavy atom. The largest absolute Gasteiger partial charge is 0.338 e. The lowest BCUT2D eigenvalue weighted by molar-refractivity contribution is 0.379. The van der Waals surface area contributed by atoms with E-state index in [1.807, 2.05) is 19.9 Å². The van der Waals surface area contributed by atoms with Gasteiger partial charge in [0.15, 0.2) is 5.82 Å². The summed E-state index contributed by atoms with van der Waals surface area (Å²) >= 11 is 0. The van der Waals surface area contributed by atoms with Crippen LogP contribution in [0, 0.1) is 11.3 Å². The molecule has 0 aliphatic carbocycles. The number of rotatable bonds is 2. The maximum atomic E-state index is 8.29. The van der Waals surface area contributed by atoms with Gasteiger partial charge in [-0.3, -0.25) is 0 Å². The van der Waals surface area contributed by atoms with E-state index in [4.69, 9.17) is 9.78 Å². The first-order valence-electron chi connectivity index (χ1n) is 3.43. The smallest absolute Gasteiger partial charge is 0.240 e. The first kappa shape index (κ1) is 7.73. The zero-order chi connectivity index (χ0) is 8.27. The summed E-state index contributed by atoms with van der Waals surface area (Å²) in [6.07, 6.45) is 0.194. The van der Waals surface area contributed by atoms with Gasteiger partial charge >= 0.3 is 0 Å². The van der Waals surface area contributed by atoms with Crippen LogP contribution >= 0.6 is 0 Å². The van der Waals surface area contributed by atoms with Crippen molar-refractivity contribution in [3.63, 3.8) is 0 Å². The Balaban J connectivity index is 2.75. The predicted octanol–water partition coefficient (Wildman–Crippen LogP) is 1.26. The van der Waals surface area contributed by atoms with Crippen molar-refractivity contribution in [1.82, 2.24) is 10.1 Å². The molecule has 58 valence electrons. The van der Waals surface area contributed by atoms with Crippen molar-refractivity contribution < 1.29 is 4.52 Å². The Labute approximate surface area is 64.8 Å². The molecule has 0 saturated carbocycles. The molecule has 0 unspecified atom stereocenters. The molecule has 0 aromatic carbocycles. The minimum Gasteiger partial charge on any atom is -0.338 e. The van der Waals surface area contributed by atoms with E-state index in [0.717, 1.165) is 0 Å². The summed E-state index contributed by atoms with van der Waals surface area (Å²) in [6, 6.07) is 1.94. The zero-order valence-corrected chi connectivity index (χ0v) is 6.53. The topological polar surface area (TPSA) is 62.7 Å². The third-order valence-corrected chi connectivity index (χ3v) is 1.23. The molecule has 0 radical (unpaired) electrons. The van der Waals surface area contributed by atoms with Crippen LogP contribution in [-0.4, -0.2) is 10.1 Å². The molecule has 0 saturated heterocycles. The van der Waals surface area contributed by atoms with Crippen LogP contribution in [0.2, 0.25) is 0 Å². The molecule has 1 heterocycles. The fraction of sp³-hybridized carbons (Fsp3) is 0.571. The zero-order valence-electron chi connectivity index (χ0n) is 6.53. The normalized spacial score (nSPS) is 10.0. The summed E-state index contributed by atoms with van der Waals surface area (Å²) in [7, 11) is 0. The molecule has 0 aliphatic rings. The van der Waals surface area contributed by atoms with Crippen LogP contribution in [0.3, 0.4) is 0 Å². The Morgan fingerprint density at radius 2 is 2.36 bits per heavy atom. The van der Waals surface area contributed by atoms with Crippen molar-refractivity contribution in [2.24, 2.45) is 0 Å². The van der Waals surface area contributed by atoms with E-state index in [1.54, 1.807) is 0 Å². The lowest BCUT2D eigenvalue weighted by atomic mass is 10.2. The lowest BCUT2D eigenvalue weighted by Gasteiger charge is -1.91. The molecule has 0 atom stereocenters. The molecule has 4 nitrogen and oxygen atoms in total. The second-order valence-corrected chi connectivity index (χ2v) is 2.54. The lowest BCUT2D eigenvalue weighted by Crippen LogP contribution is -1.90. The molecule has 1 aromatic rings. The van der Waals surface area contributed by atoms with Crippen LogP contribution in [0.5, 0.6) is 0 Å². The van der Waals surface area contributed by atoms with Crippen LogP contribution in [0.25, 0.3) is 0 Å². The van der Waals surface area contributed by atoms with Crippen molar-refractivity contribution in [1.29, 1.82) is 5.26 Å². The quantitative estimate of drug-likeness (QED) is 0.638. The molecule has 1 rings (SSSR count). The maximum Gasteiger partial charge on any atom is 0.240 e. The van der Waals surface area contributed by atoms with Gasteiger partial charge in [-0.15, -0.1) is 0 Å². The summed E-state index contributed by atoms with van der Waals surface area (Å²) in [5.74, 6) is 1.32. The fourth-order valence-corrected chi connectivity index (χ4v) is 0.642. The highest BCUT2D eigenvalue weighted by atomic mass is 16.5. The van der Waals surface area contributed by atoms with E-state index < -0.39 is 0 Å². The molecule has 0 aliphatic heterocycles. The third kappa shape index (κ3) is 1.77. The summed E-state index contributed by atoms with van der Waals surface area (Å²) in [4.78, 5) is 4.00. The van der Waals surface area contributed by atoms with Gasteiger partial charge in [0, 0.05) is 5.92 Å². The van der Waals surface area contributed by atoms with Gasteiger partial charge in [-0.05, 0) is 0 Å². The molecule has 0 fully saturated rings. The third-order valence-electron chi connectivity index (χ3n) is 1.23. The SMILES string of the molecule is CC(C)c1noc(CC#N)n1. The van der Waals surface area contributed by atoms with Crippen molar-refractivity contribution in [2.45, 2.75) is 26.2 Å². The highest BCUT2D eigenvalue weighted by molar-refractivity contribution is 4.95. The molecule has 11 heavy (non-hydrogen) atoms. The maximum absolute atomic E-state index is 8.29. The second-order valence-electron chi connectivity index (χ2n) is 2.54. The number of nitrogens with zero attached hydrogens (tertiary/aromatic N) is 3. The van der Waals surface area contributed by atoms with E-state index in [1.165, 1.54) is 0 Å². The first-order valence-corrected chi connectivity index (χ1v) is 3.43. The van der Waals surface area contributed by atoms with Gasteiger partial charge in [-0.1, -0.05) is 19.0 Å². The molecule has 0 spiro atoms. The minimum atomic E-state index is 0.194. The summed E-state index contributed by atoms with van der Waals surface area (Å²) in [6.45, 7) is 3.95. The Hall–Kier alpha value is -1.37. The number of hydrogen-bond acceptors (Lipinski definition) is 4. The predicted molar refractivity (Wildman–Crippen MR) is 37.7 cm³/mol. The second kappa shape index (κ2) is 3.15. The van der Waals surface area contributed by atoms with Crippen molar-refractivity contribution in [3.05, 3.63) is 11.7 Å². The van der Waals surface area contributed by atoms with Gasteiger partial charge in [0.2, 0.25) is 5.89 Å². The van der Waals surface area contributed by atoms with Crippen LogP contribution in [0.4, 0.5) is 0 Å². The standard InChI is InChI=1S/C7H9N3O/c1-5(2)7-9-6(3-4-8)11-10-7/h5H,3H2,1-2H3. The van der Waals surface area contributed by atoms with Crippen molar-refractivity contribution in [3.8, 4) is 6.07 Å². The van der Waals surface area contributed by atoms with Crippen LogP contribution in [0.15, 0.2) is 4.52 Å². The molecular formula is C7H9N3O. The van der Waals surface area contributed by atoms with Crippen LogP contribution < -0.4 is 0 Å². The minimum absolute atomic E-state index is 0.194. The van der Waals surface area contributed by atoms with Crippen LogP contribution in [-0.2, 0) is 6.42 Å². The Kier molecular flexibility index (Phi) is 2.21. The van der Waals surface area contributed by atoms with Crippen molar-refractivity contribution >= 4 is 0 Å². The molecule has 0 N–H and O–H groups in total. The summed E-state index contributed by atoms with van der Waals surface area (Å²) < 4.78 is 4.78. The number of nitriles is 1. The molecule has 1 aromatic heterocycles. The molecular weight excluding hydrogens is 142 g/mol. The van der Waals surface area contributed by atoms with E-state index in [-0.39, 0.29) is 12.3 Å². The van der Waals surface area contributed by atoms with Gasteiger partial charge in [0.1, 0.15) is 6.42 Å². The van der Waals surface area contributed by atoms with Gasteiger partial charge in [-0.25, -0.2) is 0 Å². The van der Waals surface area contributed by atoms with Gasteiger partial charge in [0.25, 0.3) is 0 Å². The Morgan fingerprint density at radius 3 is 2.82 bits per heavy atom. The number of aromatic nitrogens is 2.